The molecule has 1 heterocycles. The maximum Gasteiger partial charge on any atom is 0.0706 e. The van der Waals surface area contributed by atoms with E-state index < -0.39 is 0 Å². The predicted octanol–water partition coefficient (Wildman–Crippen LogP) is 2.75. The minimum Gasteiger partial charge on any atom is -0.399 e. The molecular formula is C14H19N3O. The molecule has 4 nitrogen and oxygen atoms in total. The zero-order valence-electron chi connectivity index (χ0n) is 10.7. The fourth-order valence-corrected chi connectivity index (χ4v) is 2.90. The van der Waals surface area contributed by atoms with Gasteiger partial charge in [0.25, 0.3) is 0 Å². The van der Waals surface area contributed by atoms with E-state index in [2.05, 4.69) is 9.78 Å². The SMILES string of the molecule is COC1CCCC(n2ncc3ccc(N)cc32)C1. The molecule has 0 radical (unpaired) electrons. The van der Waals surface area contributed by atoms with Crippen molar-refractivity contribution in [2.24, 2.45) is 0 Å². The van der Waals surface area contributed by atoms with E-state index in [0.29, 0.717) is 12.1 Å². The van der Waals surface area contributed by atoms with Gasteiger partial charge in [0.15, 0.2) is 0 Å². The van der Waals surface area contributed by atoms with Crippen molar-refractivity contribution in [3.8, 4) is 0 Å². The van der Waals surface area contributed by atoms with E-state index in [-0.39, 0.29) is 0 Å². The van der Waals surface area contributed by atoms with Gasteiger partial charge in [-0.05, 0) is 43.9 Å². The first kappa shape index (κ1) is 11.5. The van der Waals surface area contributed by atoms with Gasteiger partial charge in [-0.2, -0.15) is 5.10 Å². The number of nitrogens with two attached hydrogens (primary N) is 1. The molecule has 1 saturated carbocycles. The molecule has 4 heteroatoms. The van der Waals surface area contributed by atoms with Gasteiger partial charge in [0.2, 0.25) is 0 Å². The maximum atomic E-state index is 5.87. The number of benzene rings is 1. The number of rotatable bonds is 2. The monoisotopic (exact) mass is 245 g/mol. The zero-order chi connectivity index (χ0) is 12.5. The first-order valence-corrected chi connectivity index (χ1v) is 6.53. The van der Waals surface area contributed by atoms with Crippen LogP contribution >= 0.6 is 0 Å². The Balaban J connectivity index is 1.96. The minimum atomic E-state index is 0.365. The van der Waals surface area contributed by atoms with Crippen LogP contribution in [0.1, 0.15) is 31.7 Å². The Morgan fingerprint density at radius 2 is 2.28 bits per heavy atom. The second kappa shape index (κ2) is 4.61. The summed E-state index contributed by atoms with van der Waals surface area (Å²) in [5.41, 5.74) is 7.80. The van der Waals surface area contributed by atoms with Gasteiger partial charge in [0.05, 0.1) is 23.9 Å². The van der Waals surface area contributed by atoms with Gasteiger partial charge in [-0.15, -0.1) is 0 Å². The number of hydrogen-bond donors (Lipinski definition) is 1. The second-order valence-electron chi connectivity index (χ2n) is 5.09. The smallest absolute Gasteiger partial charge is 0.0706 e. The van der Waals surface area contributed by atoms with Crippen molar-refractivity contribution >= 4 is 16.6 Å². The highest BCUT2D eigenvalue weighted by Crippen LogP contribution is 2.32. The summed E-state index contributed by atoms with van der Waals surface area (Å²) in [7, 11) is 1.80. The van der Waals surface area contributed by atoms with Gasteiger partial charge >= 0.3 is 0 Å². The Labute approximate surface area is 107 Å². The van der Waals surface area contributed by atoms with Crippen LogP contribution in [0, 0.1) is 0 Å². The van der Waals surface area contributed by atoms with Crippen LogP contribution in [0.15, 0.2) is 24.4 Å². The molecule has 0 spiro atoms. The molecular weight excluding hydrogens is 226 g/mol. The number of methoxy groups -OCH3 is 1. The number of aromatic nitrogens is 2. The van der Waals surface area contributed by atoms with Gasteiger partial charge in [-0.25, -0.2) is 0 Å². The van der Waals surface area contributed by atoms with Crippen molar-refractivity contribution in [3.05, 3.63) is 24.4 Å². The number of nitrogen functional groups attached to an aromatic ring is 1. The summed E-state index contributed by atoms with van der Waals surface area (Å²) in [4.78, 5) is 0. The first-order chi connectivity index (χ1) is 8.78. The average molecular weight is 245 g/mol. The van der Waals surface area contributed by atoms with Crippen LogP contribution in [-0.4, -0.2) is 23.0 Å². The Hall–Kier alpha value is -1.55. The van der Waals surface area contributed by atoms with E-state index in [1.165, 1.54) is 12.8 Å². The van der Waals surface area contributed by atoms with Crippen LogP contribution in [0.25, 0.3) is 10.9 Å². The van der Waals surface area contributed by atoms with E-state index in [1.807, 2.05) is 24.4 Å². The predicted molar refractivity (Wildman–Crippen MR) is 72.4 cm³/mol. The first-order valence-electron chi connectivity index (χ1n) is 6.53. The van der Waals surface area contributed by atoms with Gasteiger partial charge in [0, 0.05) is 18.2 Å². The molecule has 3 rings (SSSR count). The molecule has 18 heavy (non-hydrogen) atoms. The fourth-order valence-electron chi connectivity index (χ4n) is 2.90. The van der Waals surface area contributed by atoms with Crippen LogP contribution < -0.4 is 5.73 Å². The summed E-state index contributed by atoms with van der Waals surface area (Å²) < 4.78 is 7.61. The van der Waals surface area contributed by atoms with Crippen LogP contribution in [-0.2, 0) is 4.74 Å². The lowest BCUT2D eigenvalue weighted by atomic mass is 9.93. The number of fused-ring (bicyclic) bond motifs is 1. The summed E-state index contributed by atoms with van der Waals surface area (Å²) >= 11 is 0. The third kappa shape index (κ3) is 1.97. The zero-order valence-corrected chi connectivity index (χ0v) is 10.7. The molecule has 96 valence electrons. The standard InChI is InChI=1S/C14H19N3O/c1-18-13-4-2-3-12(8-13)17-14-7-11(15)6-5-10(14)9-16-17/h5-7,9,12-13H,2-4,8,15H2,1H3. The summed E-state index contributed by atoms with van der Waals surface area (Å²) in [6, 6.07) is 6.40. The van der Waals surface area contributed by atoms with Crippen LogP contribution in [0.2, 0.25) is 0 Å². The Bertz CT molecular complexity index is 549. The van der Waals surface area contributed by atoms with E-state index >= 15 is 0 Å². The molecule has 2 N–H and O–H groups in total. The van der Waals surface area contributed by atoms with E-state index in [1.54, 1.807) is 7.11 Å². The van der Waals surface area contributed by atoms with E-state index in [0.717, 1.165) is 29.4 Å². The molecule has 2 unspecified atom stereocenters. The van der Waals surface area contributed by atoms with Gasteiger partial charge < -0.3 is 10.5 Å². The number of anilines is 1. The van der Waals surface area contributed by atoms with Gasteiger partial charge in [-0.1, -0.05) is 0 Å². The quantitative estimate of drug-likeness (QED) is 0.828. The fraction of sp³-hybridized carbons (Fsp3) is 0.500. The van der Waals surface area contributed by atoms with Crippen LogP contribution in [0.5, 0.6) is 0 Å². The number of hydrogen-bond acceptors (Lipinski definition) is 3. The third-order valence-electron chi connectivity index (χ3n) is 3.90. The normalized spacial score (nSPS) is 24.5. The highest BCUT2D eigenvalue weighted by atomic mass is 16.5. The molecule has 0 bridgehead atoms. The summed E-state index contributed by atoms with van der Waals surface area (Å²) in [6.07, 6.45) is 6.86. The molecule has 1 aromatic heterocycles. The van der Waals surface area contributed by atoms with E-state index in [9.17, 15) is 0 Å². The number of nitrogens with zero attached hydrogens (tertiary/aromatic N) is 2. The molecule has 2 aromatic rings. The largest absolute Gasteiger partial charge is 0.399 e. The summed E-state index contributed by atoms with van der Waals surface area (Å²) in [6.45, 7) is 0. The molecule has 2 atom stereocenters. The summed E-state index contributed by atoms with van der Waals surface area (Å²) in [5, 5.41) is 5.69. The highest BCUT2D eigenvalue weighted by molar-refractivity contribution is 5.81. The maximum absolute atomic E-state index is 5.87. The Kier molecular flexibility index (Phi) is 2.96. The van der Waals surface area contributed by atoms with Crippen molar-refractivity contribution in [1.29, 1.82) is 0 Å². The van der Waals surface area contributed by atoms with Crippen molar-refractivity contribution in [2.45, 2.75) is 37.8 Å². The molecule has 0 saturated heterocycles. The third-order valence-corrected chi connectivity index (χ3v) is 3.90. The number of ether oxygens (including phenoxy) is 1. The van der Waals surface area contributed by atoms with Gasteiger partial charge in [-0.3, -0.25) is 4.68 Å². The summed E-state index contributed by atoms with van der Waals surface area (Å²) in [5.74, 6) is 0. The van der Waals surface area contributed by atoms with Crippen molar-refractivity contribution in [3.63, 3.8) is 0 Å². The lowest BCUT2D eigenvalue weighted by molar-refractivity contribution is 0.0516. The van der Waals surface area contributed by atoms with Crippen LogP contribution in [0.3, 0.4) is 0 Å². The molecule has 0 aliphatic heterocycles. The Morgan fingerprint density at radius 3 is 3.11 bits per heavy atom. The van der Waals surface area contributed by atoms with E-state index in [4.69, 9.17) is 10.5 Å². The van der Waals surface area contributed by atoms with Gasteiger partial charge in [0.1, 0.15) is 0 Å². The minimum absolute atomic E-state index is 0.365. The topological polar surface area (TPSA) is 53.1 Å². The molecule has 1 aliphatic rings. The van der Waals surface area contributed by atoms with Crippen molar-refractivity contribution in [1.82, 2.24) is 9.78 Å². The molecule has 1 aromatic carbocycles. The Morgan fingerprint density at radius 1 is 1.39 bits per heavy atom. The lowest BCUT2D eigenvalue weighted by Gasteiger charge is -2.28. The molecule has 1 aliphatic carbocycles. The second-order valence-corrected chi connectivity index (χ2v) is 5.09. The lowest BCUT2D eigenvalue weighted by Crippen LogP contribution is -2.24. The molecule has 1 fully saturated rings. The average Bonchev–Trinajstić information content (AvgIpc) is 2.81. The van der Waals surface area contributed by atoms with Crippen molar-refractivity contribution < 1.29 is 4.74 Å². The van der Waals surface area contributed by atoms with Crippen molar-refractivity contribution in [2.75, 3.05) is 12.8 Å². The van der Waals surface area contributed by atoms with Crippen LogP contribution in [0.4, 0.5) is 5.69 Å². The highest BCUT2D eigenvalue weighted by Gasteiger charge is 2.24. The molecule has 0 amide bonds.